The fourth-order valence-corrected chi connectivity index (χ4v) is 1.20. The number of aromatic nitrogens is 1. The van der Waals surface area contributed by atoms with Crippen LogP contribution in [0.4, 0.5) is 5.69 Å². The maximum atomic E-state index is 11.5. The molecule has 0 spiro atoms. The van der Waals surface area contributed by atoms with Gasteiger partial charge in [0.15, 0.2) is 0 Å². The number of halogens is 1. The van der Waals surface area contributed by atoms with Crippen molar-refractivity contribution >= 4 is 23.2 Å². The Balaban J connectivity index is 2.46. The van der Waals surface area contributed by atoms with E-state index in [4.69, 9.17) is 11.6 Å². The Kier molecular flexibility index (Phi) is 4.26. The molecule has 1 amide bonds. The molecule has 16 heavy (non-hydrogen) atoms. The number of nitrogens with one attached hydrogen (secondary N) is 2. The van der Waals surface area contributed by atoms with Crippen LogP contribution in [0, 0.1) is 0 Å². The number of carbonyl (C=O) groups is 1. The van der Waals surface area contributed by atoms with E-state index in [1.807, 2.05) is 20.8 Å². The normalized spacial score (nSPS) is 11.2. The Morgan fingerprint density at radius 1 is 1.50 bits per heavy atom. The first-order chi connectivity index (χ1) is 7.37. The number of hydrogen-bond donors (Lipinski definition) is 2. The van der Waals surface area contributed by atoms with E-state index >= 15 is 0 Å². The van der Waals surface area contributed by atoms with Crippen LogP contribution in [0.25, 0.3) is 0 Å². The fourth-order valence-electron chi connectivity index (χ4n) is 1.03. The molecule has 1 aromatic heterocycles. The highest BCUT2D eigenvalue weighted by Crippen LogP contribution is 2.11. The van der Waals surface area contributed by atoms with Crippen LogP contribution in [0.3, 0.4) is 0 Å². The predicted molar refractivity (Wildman–Crippen MR) is 65.6 cm³/mol. The topological polar surface area (TPSA) is 54.0 Å². The van der Waals surface area contributed by atoms with Crippen molar-refractivity contribution in [3.63, 3.8) is 0 Å². The van der Waals surface area contributed by atoms with Gasteiger partial charge in [0.25, 0.3) is 0 Å². The summed E-state index contributed by atoms with van der Waals surface area (Å²) in [5.74, 6) is -0.0998. The summed E-state index contributed by atoms with van der Waals surface area (Å²) < 4.78 is 0. The minimum Gasteiger partial charge on any atom is -0.325 e. The van der Waals surface area contributed by atoms with Gasteiger partial charge in [-0.2, -0.15) is 0 Å². The lowest BCUT2D eigenvalue weighted by Crippen LogP contribution is -2.41. The molecule has 0 bridgehead atoms. The summed E-state index contributed by atoms with van der Waals surface area (Å²) in [5, 5.41) is 6.19. The van der Waals surface area contributed by atoms with Crippen LogP contribution in [0.5, 0.6) is 0 Å². The van der Waals surface area contributed by atoms with Crippen molar-refractivity contribution in [3.8, 4) is 0 Å². The third-order valence-electron chi connectivity index (χ3n) is 1.79. The first-order valence-corrected chi connectivity index (χ1v) is 5.41. The Hall–Kier alpha value is -1.13. The van der Waals surface area contributed by atoms with E-state index in [0.717, 1.165) is 0 Å². The molecule has 0 aliphatic heterocycles. The Labute approximate surface area is 100 Å². The van der Waals surface area contributed by atoms with E-state index < -0.39 is 0 Å². The number of rotatable bonds is 3. The monoisotopic (exact) mass is 241 g/mol. The van der Waals surface area contributed by atoms with Crippen molar-refractivity contribution in [3.05, 3.63) is 23.5 Å². The summed E-state index contributed by atoms with van der Waals surface area (Å²) >= 11 is 5.70. The summed E-state index contributed by atoms with van der Waals surface area (Å²) in [4.78, 5) is 15.4. The average Bonchev–Trinajstić information content (AvgIpc) is 2.14. The number of anilines is 1. The Morgan fingerprint density at radius 3 is 2.75 bits per heavy atom. The van der Waals surface area contributed by atoms with E-state index in [1.54, 1.807) is 18.3 Å². The van der Waals surface area contributed by atoms with Gasteiger partial charge in [0.05, 0.1) is 6.54 Å². The largest absolute Gasteiger partial charge is 0.325 e. The Bertz CT molecular complexity index is 374. The van der Waals surface area contributed by atoms with Crippen molar-refractivity contribution in [2.24, 2.45) is 0 Å². The van der Waals surface area contributed by atoms with Gasteiger partial charge in [-0.25, -0.2) is 4.98 Å². The average molecular weight is 242 g/mol. The molecule has 4 nitrogen and oxygen atoms in total. The van der Waals surface area contributed by atoms with Gasteiger partial charge in [-0.05, 0) is 32.9 Å². The third kappa shape index (κ3) is 5.09. The lowest BCUT2D eigenvalue weighted by atomic mass is 10.1. The summed E-state index contributed by atoms with van der Waals surface area (Å²) in [5.41, 5.74) is 0.577. The molecule has 0 radical (unpaired) electrons. The molecule has 1 rings (SSSR count). The molecular formula is C11H16ClN3O. The second-order valence-electron chi connectivity index (χ2n) is 4.52. The lowest BCUT2D eigenvalue weighted by Gasteiger charge is -2.19. The number of amides is 1. The molecule has 0 saturated carbocycles. The fraction of sp³-hybridized carbons (Fsp3) is 0.455. The van der Waals surface area contributed by atoms with Crippen LogP contribution < -0.4 is 10.6 Å². The highest BCUT2D eigenvalue weighted by molar-refractivity contribution is 6.29. The zero-order valence-corrected chi connectivity index (χ0v) is 10.4. The Morgan fingerprint density at radius 2 is 2.19 bits per heavy atom. The lowest BCUT2D eigenvalue weighted by molar-refractivity contribution is -0.115. The van der Waals surface area contributed by atoms with Crippen molar-refractivity contribution < 1.29 is 4.79 Å². The van der Waals surface area contributed by atoms with Gasteiger partial charge in [0.2, 0.25) is 5.91 Å². The molecule has 0 aromatic carbocycles. The van der Waals surface area contributed by atoms with Crippen LogP contribution in [0.1, 0.15) is 20.8 Å². The molecule has 1 heterocycles. The van der Waals surface area contributed by atoms with Crippen LogP contribution >= 0.6 is 11.6 Å². The van der Waals surface area contributed by atoms with E-state index in [2.05, 4.69) is 15.6 Å². The third-order valence-corrected chi connectivity index (χ3v) is 2.00. The van der Waals surface area contributed by atoms with Crippen LogP contribution in [0.15, 0.2) is 18.3 Å². The van der Waals surface area contributed by atoms with Crippen LogP contribution in [-0.2, 0) is 4.79 Å². The van der Waals surface area contributed by atoms with Gasteiger partial charge >= 0.3 is 0 Å². The molecule has 0 aliphatic carbocycles. The first kappa shape index (κ1) is 12.9. The van der Waals surface area contributed by atoms with Gasteiger partial charge in [-0.15, -0.1) is 0 Å². The van der Waals surface area contributed by atoms with Crippen molar-refractivity contribution in [1.29, 1.82) is 0 Å². The highest BCUT2D eigenvalue weighted by atomic mass is 35.5. The molecule has 2 N–H and O–H groups in total. The van der Waals surface area contributed by atoms with Gasteiger partial charge < -0.3 is 10.6 Å². The molecular weight excluding hydrogens is 226 g/mol. The summed E-state index contributed by atoms with van der Waals surface area (Å²) in [6.45, 7) is 6.28. The molecule has 5 heteroatoms. The molecule has 0 aliphatic rings. The summed E-state index contributed by atoms with van der Waals surface area (Å²) in [6, 6.07) is 3.30. The van der Waals surface area contributed by atoms with E-state index in [0.29, 0.717) is 10.8 Å². The standard InChI is InChI=1S/C11H16ClN3O/c1-11(2,3)14-7-10(16)15-8-4-5-13-9(12)6-8/h4-6,14H,7H2,1-3H3,(H,13,15,16). The second kappa shape index (κ2) is 5.27. The predicted octanol–water partition coefficient (Wildman–Crippen LogP) is 2.06. The van der Waals surface area contributed by atoms with E-state index in [1.165, 1.54) is 0 Å². The maximum absolute atomic E-state index is 11.5. The summed E-state index contributed by atoms with van der Waals surface area (Å²) in [7, 11) is 0. The molecule has 0 atom stereocenters. The highest BCUT2D eigenvalue weighted by Gasteiger charge is 2.11. The smallest absolute Gasteiger partial charge is 0.238 e. The minimum atomic E-state index is -0.0998. The van der Waals surface area contributed by atoms with Crippen LogP contribution in [0.2, 0.25) is 5.15 Å². The second-order valence-corrected chi connectivity index (χ2v) is 4.91. The number of carbonyl (C=O) groups excluding carboxylic acids is 1. The van der Waals surface area contributed by atoms with Gasteiger partial charge in [-0.3, -0.25) is 4.79 Å². The quantitative estimate of drug-likeness (QED) is 0.797. The molecule has 0 saturated heterocycles. The molecule has 0 fully saturated rings. The van der Waals surface area contributed by atoms with Crippen molar-refractivity contribution in [2.75, 3.05) is 11.9 Å². The first-order valence-electron chi connectivity index (χ1n) is 5.03. The molecule has 88 valence electrons. The van der Waals surface area contributed by atoms with Crippen LogP contribution in [-0.4, -0.2) is 23.0 Å². The number of pyridine rings is 1. The minimum absolute atomic E-state index is 0.0762. The van der Waals surface area contributed by atoms with E-state index in [9.17, 15) is 4.79 Å². The van der Waals surface area contributed by atoms with Gasteiger partial charge in [0.1, 0.15) is 5.15 Å². The van der Waals surface area contributed by atoms with Crippen molar-refractivity contribution in [2.45, 2.75) is 26.3 Å². The molecule has 0 unspecified atom stereocenters. The SMILES string of the molecule is CC(C)(C)NCC(=O)Nc1ccnc(Cl)c1. The maximum Gasteiger partial charge on any atom is 0.238 e. The number of hydrogen-bond acceptors (Lipinski definition) is 3. The summed E-state index contributed by atoms with van der Waals surface area (Å²) in [6.07, 6.45) is 1.55. The van der Waals surface area contributed by atoms with Crippen molar-refractivity contribution in [1.82, 2.24) is 10.3 Å². The van der Waals surface area contributed by atoms with E-state index in [-0.39, 0.29) is 18.0 Å². The zero-order valence-electron chi connectivity index (χ0n) is 9.67. The number of nitrogens with zero attached hydrogens (tertiary/aromatic N) is 1. The zero-order chi connectivity index (χ0) is 12.2. The van der Waals surface area contributed by atoms with Gasteiger partial charge in [0, 0.05) is 17.4 Å². The van der Waals surface area contributed by atoms with Gasteiger partial charge in [-0.1, -0.05) is 11.6 Å². The molecule has 1 aromatic rings.